The maximum absolute atomic E-state index is 5.64. The van der Waals surface area contributed by atoms with Gasteiger partial charge >= 0.3 is 0 Å². The summed E-state index contributed by atoms with van der Waals surface area (Å²) in [7, 11) is 0. The summed E-state index contributed by atoms with van der Waals surface area (Å²) in [5, 5.41) is 0. The van der Waals surface area contributed by atoms with Gasteiger partial charge in [0.2, 0.25) is 0 Å². The number of H-pyrrole nitrogens is 1. The maximum atomic E-state index is 5.64. The predicted octanol–water partition coefficient (Wildman–Crippen LogP) is 3.01. The Morgan fingerprint density at radius 3 is 2.71 bits per heavy atom. The highest BCUT2D eigenvalue weighted by molar-refractivity contribution is 5.74. The minimum atomic E-state index is 0.737. The monoisotopic (exact) mass is 323 g/mol. The first-order chi connectivity index (χ1) is 11.7. The standard InChI is InChI=1S/C19H25N5/c1-15-8-9-16(21-12-15)13-24(11-5-4-10-20)14-19-22-17-6-2-3-7-18(17)23-19/h2-3,6-9,12H,4-5,10-11,13-14,20H2,1H3,(H,22,23). The van der Waals surface area contributed by atoms with E-state index in [1.807, 2.05) is 24.4 Å². The third-order valence-corrected chi connectivity index (χ3v) is 4.10. The molecule has 0 saturated carbocycles. The second-order valence-electron chi connectivity index (χ2n) is 6.23. The van der Waals surface area contributed by atoms with Gasteiger partial charge in [-0.3, -0.25) is 9.88 Å². The molecule has 3 N–H and O–H groups in total. The van der Waals surface area contributed by atoms with Crippen molar-refractivity contribution in [2.24, 2.45) is 5.73 Å². The lowest BCUT2D eigenvalue weighted by atomic mass is 10.2. The molecule has 0 radical (unpaired) electrons. The number of aromatic nitrogens is 3. The number of aryl methyl sites for hydroxylation is 1. The molecule has 5 heteroatoms. The van der Waals surface area contributed by atoms with Crippen molar-refractivity contribution < 1.29 is 0 Å². The van der Waals surface area contributed by atoms with Crippen molar-refractivity contribution in [1.82, 2.24) is 19.9 Å². The van der Waals surface area contributed by atoms with Crippen LogP contribution in [0.5, 0.6) is 0 Å². The topological polar surface area (TPSA) is 70.8 Å². The summed E-state index contributed by atoms with van der Waals surface area (Å²) in [6.07, 6.45) is 4.05. The smallest absolute Gasteiger partial charge is 0.121 e. The molecular weight excluding hydrogens is 298 g/mol. The minimum Gasteiger partial charge on any atom is -0.341 e. The van der Waals surface area contributed by atoms with Crippen molar-refractivity contribution in [2.45, 2.75) is 32.9 Å². The molecule has 0 fully saturated rings. The van der Waals surface area contributed by atoms with E-state index < -0.39 is 0 Å². The predicted molar refractivity (Wildman–Crippen MR) is 97.5 cm³/mol. The number of hydrogen-bond donors (Lipinski definition) is 2. The zero-order chi connectivity index (χ0) is 16.8. The Morgan fingerprint density at radius 1 is 1.08 bits per heavy atom. The van der Waals surface area contributed by atoms with Crippen molar-refractivity contribution in [3.63, 3.8) is 0 Å². The molecule has 2 heterocycles. The Kier molecular flexibility index (Phi) is 5.56. The molecule has 2 aromatic heterocycles. The van der Waals surface area contributed by atoms with E-state index in [0.717, 1.165) is 61.6 Å². The third-order valence-electron chi connectivity index (χ3n) is 4.10. The molecule has 0 saturated heterocycles. The van der Waals surface area contributed by atoms with Gasteiger partial charge in [-0.2, -0.15) is 0 Å². The molecule has 0 aliphatic heterocycles. The summed E-state index contributed by atoms with van der Waals surface area (Å²) < 4.78 is 0. The number of nitrogens with zero attached hydrogens (tertiary/aromatic N) is 3. The number of para-hydroxylation sites is 2. The number of unbranched alkanes of at least 4 members (excludes halogenated alkanes) is 1. The summed E-state index contributed by atoms with van der Waals surface area (Å²) in [5.74, 6) is 0.996. The fourth-order valence-corrected chi connectivity index (χ4v) is 2.81. The lowest BCUT2D eigenvalue weighted by Gasteiger charge is -2.20. The molecular formula is C19H25N5. The number of fused-ring (bicyclic) bond motifs is 1. The van der Waals surface area contributed by atoms with E-state index in [9.17, 15) is 0 Å². The number of benzene rings is 1. The molecule has 1 aromatic carbocycles. The second-order valence-corrected chi connectivity index (χ2v) is 6.23. The average molecular weight is 323 g/mol. The molecule has 0 aliphatic carbocycles. The van der Waals surface area contributed by atoms with E-state index in [-0.39, 0.29) is 0 Å². The Morgan fingerprint density at radius 2 is 1.96 bits per heavy atom. The van der Waals surface area contributed by atoms with E-state index >= 15 is 0 Å². The second kappa shape index (κ2) is 8.04. The van der Waals surface area contributed by atoms with Crippen LogP contribution in [-0.4, -0.2) is 32.9 Å². The van der Waals surface area contributed by atoms with Gasteiger partial charge in [-0.25, -0.2) is 4.98 Å². The molecule has 5 nitrogen and oxygen atoms in total. The zero-order valence-corrected chi connectivity index (χ0v) is 14.2. The number of rotatable bonds is 8. The van der Waals surface area contributed by atoms with Crippen LogP contribution in [0.15, 0.2) is 42.6 Å². The normalized spacial score (nSPS) is 11.5. The third kappa shape index (κ3) is 4.40. The van der Waals surface area contributed by atoms with Crippen LogP contribution < -0.4 is 5.73 Å². The Labute approximate surface area is 142 Å². The van der Waals surface area contributed by atoms with E-state index in [1.165, 1.54) is 5.56 Å². The van der Waals surface area contributed by atoms with Gasteiger partial charge in [0.1, 0.15) is 5.82 Å². The molecule has 3 aromatic rings. The van der Waals surface area contributed by atoms with Crippen LogP contribution in [0.2, 0.25) is 0 Å². The minimum absolute atomic E-state index is 0.737. The number of nitrogens with one attached hydrogen (secondary N) is 1. The zero-order valence-electron chi connectivity index (χ0n) is 14.2. The number of aromatic amines is 1. The van der Waals surface area contributed by atoms with Gasteiger partial charge < -0.3 is 10.7 Å². The maximum Gasteiger partial charge on any atom is 0.121 e. The molecule has 3 rings (SSSR count). The summed E-state index contributed by atoms with van der Waals surface area (Å²) in [4.78, 5) is 15.0. The van der Waals surface area contributed by atoms with E-state index in [4.69, 9.17) is 10.7 Å². The quantitative estimate of drug-likeness (QED) is 0.625. The first-order valence-corrected chi connectivity index (χ1v) is 8.52. The van der Waals surface area contributed by atoms with Gasteiger partial charge in [0, 0.05) is 12.7 Å². The number of pyridine rings is 1. The lowest BCUT2D eigenvalue weighted by Crippen LogP contribution is -2.25. The molecule has 0 aliphatic rings. The number of nitrogens with two attached hydrogens (primary N) is 1. The fraction of sp³-hybridized carbons (Fsp3) is 0.368. The van der Waals surface area contributed by atoms with E-state index in [0.29, 0.717) is 0 Å². The summed E-state index contributed by atoms with van der Waals surface area (Å²) in [6, 6.07) is 12.4. The fourth-order valence-electron chi connectivity index (χ4n) is 2.81. The molecule has 126 valence electrons. The van der Waals surface area contributed by atoms with Crippen LogP contribution in [0.1, 0.15) is 29.9 Å². The van der Waals surface area contributed by atoms with Gasteiger partial charge in [0.05, 0.1) is 23.3 Å². The summed E-state index contributed by atoms with van der Waals surface area (Å²) in [5.41, 5.74) is 10.0. The SMILES string of the molecule is Cc1ccc(CN(CCCCN)Cc2nc3ccccc3[nH]2)nc1. The van der Waals surface area contributed by atoms with Gasteiger partial charge in [0.15, 0.2) is 0 Å². The van der Waals surface area contributed by atoms with Crippen molar-refractivity contribution in [2.75, 3.05) is 13.1 Å². The Bertz CT molecular complexity index is 730. The highest BCUT2D eigenvalue weighted by Gasteiger charge is 2.11. The molecule has 0 bridgehead atoms. The van der Waals surface area contributed by atoms with Gasteiger partial charge in [-0.1, -0.05) is 18.2 Å². The van der Waals surface area contributed by atoms with Crippen molar-refractivity contribution >= 4 is 11.0 Å². The van der Waals surface area contributed by atoms with Crippen LogP contribution in [0.4, 0.5) is 0 Å². The lowest BCUT2D eigenvalue weighted by molar-refractivity contribution is 0.243. The van der Waals surface area contributed by atoms with Gasteiger partial charge in [0.25, 0.3) is 0 Å². The number of imidazole rings is 1. The first-order valence-electron chi connectivity index (χ1n) is 8.52. The largest absolute Gasteiger partial charge is 0.341 e. The highest BCUT2D eigenvalue weighted by atomic mass is 15.2. The van der Waals surface area contributed by atoms with Crippen molar-refractivity contribution in [1.29, 1.82) is 0 Å². The number of hydrogen-bond acceptors (Lipinski definition) is 4. The average Bonchev–Trinajstić information content (AvgIpc) is 2.99. The van der Waals surface area contributed by atoms with E-state index in [2.05, 4.69) is 40.0 Å². The van der Waals surface area contributed by atoms with E-state index in [1.54, 1.807) is 0 Å². The van der Waals surface area contributed by atoms with Crippen LogP contribution in [0.25, 0.3) is 11.0 Å². The molecule has 0 atom stereocenters. The van der Waals surface area contributed by atoms with Crippen LogP contribution in [0.3, 0.4) is 0 Å². The Hall–Kier alpha value is -2.24. The van der Waals surface area contributed by atoms with Gasteiger partial charge in [-0.15, -0.1) is 0 Å². The molecule has 0 spiro atoms. The van der Waals surface area contributed by atoms with Crippen LogP contribution in [0, 0.1) is 6.92 Å². The molecule has 0 unspecified atom stereocenters. The Balaban J connectivity index is 1.71. The van der Waals surface area contributed by atoms with Gasteiger partial charge in [-0.05, 0) is 56.6 Å². The van der Waals surface area contributed by atoms with Crippen molar-refractivity contribution in [3.8, 4) is 0 Å². The van der Waals surface area contributed by atoms with Crippen LogP contribution >= 0.6 is 0 Å². The highest BCUT2D eigenvalue weighted by Crippen LogP contribution is 2.13. The molecule has 24 heavy (non-hydrogen) atoms. The summed E-state index contributed by atoms with van der Waals surface area (Å²) >= 11 is 0. The van der Waals surface area contributed by atoms with Crippen LogP contribution in [-0.2, 0) is 13.1 Å². The summed E-state index contributed by atoms with van der Waals surface area (Å²) in [6.45, 7) is 5.39. The molecule has 0 amide bonds. The van der Waals surface area contributed by atoms with Crippen molar-refractivity contribution in [3.05, 3.63) is 59.7 Å². The first kappa shape index (κ1) is 16.6.